The summed E-state index contributed by atoms with van der Waals surface area (Å²) in [5.41, 5.74) is 8.33. The molecular weight excluding hydrogens is 292 g/mol. The van der Waals surface area contributed by atoms with Crippen LogP contribution in [0.4, 0.5) is 5.95 Å². The van der Waals surface area contributed by atoms with Crippen LogP contribution in [0.3, 0.4) is 0 Å². The zero-order valence-corrected chi connectivity index (χ0v) is 13.3. The lowest BCUT2D eigenvalue weighted by Crippen LogP contribution is -2.27. The molecule has 7 nitrogen and oxygen atoms in total. The number of nitrogens with two attached hydrogens (primary N) is 1. The topological polar surface area (TPSA) is 89.9 Å². The van der Waals surface area contributed by atoms with Gasteiger partial charge in [0.25, 0.3) is 0 Å². The number of likely N-dealkylation sites (tertiary alicyclic amines) is 1. The first-order valence-corrected chi connectivity index (χ1v) is 7.60. The monoisotopic (exact) mass is 312 g/mol. The van der Waals surface area contributed by atoms with Crippen LogP contribution in [0.2, 0.25) is 0 Å². The highest BCUT2D eigenvalue weighted by Crippen LogP contribution is 2.23. The molecule has 0 radical (unpaired) electrons. The van der Waals surface area contributed by atoms with Gasteiger partial charge in [-0.2, -0.15) is 5.10 Å². The van der Waals surface area contributed by atoms with Gasteiger partial charge in [0.15, 0.2) is 0 Å². The molecule has 3 rings (SSSR count). The van der Waals surface area contributed by atoms with E-state index in [0.717, 1.165) is 29.9 Å². The second kappa shape index (κ2) is 6.20. The van der Waals surface area contributed by atoms with E-state index in [4.69, 9.17) is 5.73 Å². The summed E-state index contributed by atoms with van der Waals surface area (Å²) in [6.45, 7) is 5.46. The number of rotatable bonds is 3. The van der Waals surface area contributed by atoms with Gasteiger partial charge in [-0.3, -0.25) is 9.48 Å². The summed E-state index contributed by atoms with van der Waals surface area (Å²) in [4.78, 5) is 21.9. The summed E-state index contributed by atoms with van der Waals surface area (Å²) in [7, 11) is 0. The Balaban J connectivity index is 1.63. The number of hydrogen-bond acceptors (Lipinski definition) is 5. The minimum Gasteiger partial charge on any atom is -0.368 e. The maximum absolute atomic E-state index is 12.3. The van der Waals surface area contributed by atoms with Gasteiger partial charge in [0, 0.05) is 42.8 Å². The number of nitrogen functional groups attached to an aromatic ring is 1. The Kier molecular flexibility index (Phi) is 4.10. The van der Waals surface area contributed by atoms with Crippen LogP contribution >= 0.6 is 0 Å². The normalized spacial score (nSPS) is 18.0. The molecule has 1 unspecified atom stereocenters. The summed E-state index contributed by atoms with van der Waals surface area (Å²) in [6.07, 6.45) is 7.37. The third-order valence-electron chi connectivity index (χ3n) is 3.98. The van der Waals surface area contributed by atoms with Gasteiger partial charge in [-0.25, -0.2) is 9.97 Å². The Morgan fingerprint density at radius 3 is 2.74 bits per heavy atom. The number of aromatic nitrogens is 4. The molecule has 2 aromatic rings. The van der Waals surface area contributed by atoms with E-state index in [1.165, 1.54) is 0 Å². The number of carbonyl (C=O) groups is 1. The molecule has 0 saturated carbocycles. The van der Waals surface area contributed by atoms with Crippen molar-refractivity contribution in [1.29, 1.82) is 0 Å². The van der Waals surface area contributed by atoms with Crippen LogP contribution in [0.25, 0.3) is 6.08 Å². The van der Waals surface area contributed by atoms with E-state index in [1.807, 2.05) is 23.4 Å². The minimum absolute atomic E-state index is 0.00847. The van der Waals surface area contributed by atoms with E-state index in [2.05, 4.69) is 21.1 Å². The standard InChI is InChI=1S/C16H20N6O/c1-11-7-12(2)22(20-11)14-5-6-21(10-14)15(23)4-3-13-8-18-16(17)19-9-13/h3-4,7-9,14H,5-6,10H2,1-2H3,(H2,17,18,19). The maximum Gasteiger partial charge on any atom is 0.246 e. The molecule has 2 N–H and O–H groups in total. The Morgan fingerprint density at radius 2 is 2.09 bits per heavy atom. The SMILES string of the molecule is Cc1cc(C)n(C2CCN(C(=O)C=Cc3cnc(N)nc3)C2)n1. The van der Waals surface area contributed by atoms with Crippen LogP contribution in [0.1, 0.15) is 29.4 Å². The van der Waals surface area contributed by atoms with Gasteiger partial charge in [0.2, 0.25) is 11.9 Å². The zero-order chi connectivity index (χ0) is 16.4. The van der Waals surface area contributed by atoms with E-state index in [0.29, 0.717) is 6.54 Å². The highest BCUT2D eigenvalue weighted by atomic mass is 16.2. The Morgan fingerprint density at radius 1 is 1.35 bits per heavy atom. The first-order chi connectivity index (χ1) is 11.0. The molecule has 23 heavy (non-hydrogen) atoms. The van der Waals surface area contributed by atoms with Crippen LogP contribution in [0.5, 0.6) is 0 Å². The number of aryl methyl sites for hydroxylation is 2. The molecule has 3 heterocycles. The zero-order valence-electron chi connectivity index (χ0n) is 13.3. The van der Waals surface area contributed by atoms with Crippen LogP contribution in [-0.2, 0) is 4.79 Å². The van der Waals surface area contributed by atoms with Crippen molar-refractivity contribution in [3.63, 3.8) is 0 Å². The summed E-state index contributed by atoms with van der Waals surface area (Å²) in [5.74, 6) is 0.214. The predicted octanol–water partition coefficient (Wildman–Crippen LogP) is 1.36. The molecule has 7 heteroatoms. The van der Waals surface area contributed by atoms with E-state index < -0.39 is 0 Å². The second-order valence-electron chi connectivity index (χ2n) is 5.81. The number of anilines is 1. The first kappa shape index (κ1) is 15.2. The Labute approximate surface area is 134 Å². The van der Waals surface area contributed by atoms with E-state index >= 15 is 0 Å². The lowest BCUT2D eigenvalue weighted by Gasteiger charge is -2.15. The quantitative estimate of drug-likeness (QED) is 0.864. The van der Waals surface area contributed by atoms with Crippen molar-refractivity contribution in [2.45, 2.75) is 26.3 Å². The molecular formula is C16H20N6O. The van der Waals surface area contributed by atoms with Gasteiger partial charge in [0.1, 0.15) is 0 Å². The third-order valence-corrected chi connectivity index (χ3v) is 3.98. The molecule has 1 aliphatic heterocycles. The van der Waals surface area contributed by atoms with E-state index in [-0.39, 0.29) is 17.9 Å². The van der Waals surface area contributed by atoms with Crippen molar-refractivity contribution in [2.24, 2.45) is 0 Å². The Hall–Kier alpha value is -2.70. The van der Waals surface area contributed by atoms with Gasteiger partial charge in [0.05, 0.1) is 11.7 Å². The highest BCUT2D eigenvalue weighted by molar-refractivity contribution is 5.91. The summed E-state index contributed by atoms with van der Waals surface area (Å²) >= 11 is 0. The van der Waals surface area contributed by atoms with Crippen molar-refractivity contribution in [3.05, 3.63) is 41.5 Å². The molecule has 1 saturated heterocycles. The molecule has 0 aliphatic carbocycles. The molecule has 0 aromatic carbocycles. The van der Waals surface area contributed by atoms with Crippen molar-refractivity contribution in [2.75, 3.05) is 18.8 Å². The highest BCUT2D eigenvalue weighted by Gasteiger charge is 2.27. The van der Waals surface area contributed by atoms with E-state index in [1.54, 1.807) is 24.5 Å². The Bertz CT molecular complexity index is 734. The smallest absolute Gasteiger partial charge is 0.246 e. The number of carbonyl (C=O) groups excluding carboxylic acids is 1. The van der Waals surface area contributed by atoms with Gasteiger partial charge >= 0.3 is 0 Å². The lowest BCUT2D eigenvalue weighted by atomic mass is 10.2. The fraction of sp³-hybridized carbons (Fsp3) is 0.375. The number of amides is 1. The van der Waals surface area contributed by atoms with Gasteiger partial charge in [-0.1, -0.05) is 0 Å². The molecule has 0 spiro atoms. The largest absolute Gasteiger partial charge is 0.368 e. The fourth-order valence-corrected chi connectivity index (χ4v) is 2.86. The molecule has 0 bridgehead atoms. The number of nitrogens with zero attached hydrogens (tertiary/aromatic N) is 5. The van der Waals surface area contributed by atoms with Crippen LogP contribution in [0, 0.1) is 13.8 Å². The minimum atomic E-state index is -0.00847. The summed E-state index contributed by atoms with van der Waals surface area (Å²) in [5, 5.41) is 4.52. The number of hydrogen-bond donors (Lipinski definition) is 1. The molecule has 1 amide bonds. The molecule has 1 aliphatic rings. The van der Waals surface area contributed by atoms with Gasteiger partial charge in [-0.15, -0.1) is 0 Å². The molecule has 2 aromatic heterocycles. The fourth-order valence-electron chi connectivity index (χ4n) is 2.86. The van der Waals surface area contributed by atoms with Crippen molar-refractivity contribution < 1.29 is 4.79 Å². The molecule has 1 atom stereocenters. The summed E-state index contributed by atoms with van der Waals surface area (Å²) < 4.78 is 2.03. The van der Waals surface area contributed by atoms with Gasteiger partial charge < -0.3 is 10.6 Å². The molecule has 1 fully saturated rings. The van der Waals surface area contributed by atoms with Crippen LogP contribution < -0.4 is 5.73 Å². The van der Waals surface area contributed by atoms with Crippen molar-refractivity contribution in [3.8, 4) is 0 Å². The van der Waals surface area contributed by atoms with Gasteiger partial charge in [-0.05, 0) is 32.4 Å². The third kappa shape index (κ3) is 3.39. The molecule has 120 valence electrons. The van der Waals surface area contributed by atoms with Crippen molar-refractivity contribution in [1.82, 2.24) is 24.6 Å². The average molecular weight is 312 g/mol. The predicted molar refractivity (Wildman–Crippen MR) is 87.4 cm³/mol. The van der Waals surface area contributed by atoms with Crippen LogP contribution in [-0.4, -0.2) is 43.6 Å². The lowest BCUT2D eigenvalue weighted by molar-refractivity contribution is -0.125. The average Bonchev–Trinajstić information content (AvgIpc) is 3.13. The summed E-state index contributed by atoms with van der Waals surface area (Å²) in [6, 6.07) is 2.31. The van der Waals surface area contributed by atoms with Crippen molar-refractivity contribution >= 4 is 17.9 Å². The van der Waals surface area contributed by atoms with E-state index in [9.17, 15) is 4.79 Å². The van der Waals surface area contributed by atoms with Crippen LogP contribution in [0.15, 0.2) is 24.5 Å². The first-order valence-electron chi connectivity index (χ1n) is 7.60. The second-order valence-corrected chi connectivity index (χ2v) is 5.81. The maximum atomic E-state index is 12.3.